The highest BCUT2D eigenvalue weighted by molar-refractivity contribution is 7.16. The summed E-state index contributed by atoms with van der Waals surface area (Å²) in [6.45, 7) is 1.60. The first-order valence-electron chi connectivity index (χ1n) is 5.75. The molecule has 6 heteroatoms. The van der Waals surface area contributed by atoms with Gasteiger partial charge in [-0.1, -0.05) is 18.2 Å². The summed E-state index contributed by atoms with van der Waals surface area (Å²) in [6.07, 6.45) is -0.707. The predicted molar refractivity (Wildman–Crippen MR) is 76.1 cm³/mol. The Hall–Kier alpha value is -1.92. The first kappa shape index (κ1) is 13.5. The molecule has 0 radical (unpaired) electrons. The highest BCUT2D eigenvalue weighted by Gasteiger charge is 2.24. The van der Waals surface area contributed by atoms with Gasteiger partial charge >= 0.3 is 5.69 Å². The third-order valence-corrected chi connectivity index (χ3v) is 4.14. The minimum Gasteiger partial charge on any atom is -0.388 e. The van der Waals surface area contributed by atoms with E-state index in [-0.39, 0.29) is 5.69 Å². The molecule has 1 heterocycles. The van der Waals surface area contributed by atoms with Crippen molar-refractivity contribution >= 4 is 27.7 Å². The van der Waals surface area contributed by atoms with Crippen molar-refractivity contribution in [2.24, 2.45) is 0 Å². The lowest BCUT2D eigenvalue weighted by atomic mass is 10.3. The first-order valence-corrected chi connectivity index (χ1v) is 6.57. The number of hydrogen-bond donors (Lipinski definition) is 1. The van der Waals surface area contributed by atoms with E-state index in [0.717, 1.165) is 5.69 Å². The van der Waals surface area contributed by atoms with Crippen LogP contribution >= 0.6 is 11.3 Å². The van der Waals surface area contributed by atoms with Crippen molar-refractivity contribution < 1.29 is 10.0 Å². The summed E-state index contributed by atoms with van der Waals surface area (Å²) >= 11 is 1.23. The molecule has 1 aromatic heterocycles. The van der Waals surface area contributed by atoms with Crippen molar-refractivity contribution in [1.82, 2.24) is 0 Å². The lowest BCUT2D eigenvalue weighted by Crippen LogP contribution is -2.09. The van der Waals surface area contributed by atoms with Gasteiger partial charge in [0.05, 0.1) is 11.0 Å². The Bertz CT molecular complexity index is 581. The van der Waals surface area contributed by atoms with E-state index < -0.39 is 11.0 Å². The van der Waals surface area contributed by atoms with E-state index in [0.29, 0.717) is 9.88 Å². The second-order valence-electron chi connectivity index (χ2n) is 4.17. The summed E-state index contributed by atoms with van der Waals surface area (Å²) < 4.78 is 0. The molecule has 0 amide bonds. The smallest absolute Gasteiger partial charge is 0.304 e. The zero-order chi connectivity index (χ0) is 14.0. The summed E-state index contributed by atoms with van der Waals surface area (Å²) in [5, 5.41) is 21.2. The second-order valence-corrected chi connectivity index (χ2v) is 5.23. The average molecular weight is 278 g/mol. The summed E-state index contributed by atoms with van der Waals surface area (Å²) in [7, 11) is 1.78. The maximum absolute atomic E-state index is 11.1. The van der Waals surface area contributed by atoms with Crippen LogP contribution in [0.5, 0.6) is 0 Å². The molecule has 0 bridgehead atoms. The molecular formula is C13H14N2O3S. The van der Waals surface area contributed by atoms with Gasteiger partial charge in [-0.2, -0.15) is 0 Å². The number of aliphatic hydroxyl groups excluding tert-OH is 1. The van der Waals surface area contributed by atoms with Gasteiger partial charge in [0, 0.05) is 23.7 Å². The highest BCUT2D eigenvalue weighted by Crippen LogP contribution is 2.42. The third kappa shape index (κ3) is 2.74. The van der Waals surface area contributed by atoms with Gasteiger partial charge in [0.25, 0.3) is 0 Å². The van der Waals surface area contributed by atoms with Crippen LogP contribution in [-0.4, -0.2) is 17.1 Å². The number of rotatable bonds is 4. The summed E-state index contributed by atoms with van der Waals surface area (Å²) in [5.41, 5.74) is 0.886. The van der Waals surface area contributed by atoms with Crippen LogP contribution in [0.4, 0.5) is 16.4 Å². The number of para-hydroxylation sites is 1. The predicted octanol–water partition coefficient (Wildman–Crippen LogP) is 3.48. The fourth-order valence-corrected chi connectivity index (χ4v) is 2.78. The van der Waals surface area contributed by atoms with Crippen molar-refractivity contribution in [2.45, 2.75) is 13.0 Å². The van der Waals surface area contributed by atoms with Gasteiger partial charge in [-0.15, -0.1) is 11.3 Å². The van der Waals surface area contributed by atoms with Crippen LogP contribution in [0, 0.1) is 10.1 Å². The third-order valence-electron chi connectivity index (χ3n) is 2.77. The van der Waals surface area contributed by atoms with Crippen molar-refractivity contribution in [3.05, 3.63) is 51.4 Å². The number of nitrogens with zero attached hydrogens (tertiary/aromatic N) is 2. The van der Waals surface area contributed by atoms with Crippen LogP contribution in [0.3, 0.4) is 0 Å². The number of thiophene rings is 1. The van der Waals surface area contributed by atoms with Crippen molar-refractivity contribution in [1.29, 1.82) is 0 Å². The lowest BCUT2D eigenvalue weighted by Gasteiger charge is -2.16. The molecule has 2 rings (SSSR count). The second kappa shape index (κ2) is 5.38. The van der Waals surface area contributed by atoms with Crippen molar-refractivity contribution in [2.75, 3.05) is 11.9 Å². The Morgan fingerprint density at radius 2 is 2.00 bits per heavy atom. The van der Waals surface area contributed by atoms with Gasteiger partial charge < -0.3 is 10.0 Å². The number of nitro groups is 1. The van der Waals surface area contributed by atoms with E-state index in [4.69, 9.17) is 0 Å². The average Bonchev–Trinajstić information content (AvgIpc) is 2.84. The zero-order valence-corrected chi connectivity index (χ0v) is 11.4. The number of aliphatic hydroxyl groups is 1. The van der Waals surface area contributed by atoms with Gasteiger partial charge in [0.1, 0.15) is 0 Å². The fraction of sp³-hybridized carbons (Fsp3) is 0.231. The molecule has 0 saturated heterocycles. The molecule has 1 N–H and O–H groups in total. The maximum Gasteiger partial charge on any atom is 0.304 e. The molecule has 19 heavy (non-hydrogen) atoms. The molecule has 0 saturated carbocycles. The van der Waals surface area contributed by atoms with Gasteiger partial charge in [0.15, 0.2) is 5.00 Å². The van der Waals surface area contributed by atoms with Gasteiger partial charge in [-0.25, -0.2) is 0 Å². The van der Waals surface area contributed by atoms with Crippen LogP contribution in [0.15, 0.2) is 36.4 Å². The highest BCUT2D eigenvalue weighted by atomic mass is 32.1. The Morgan fingerprint density at radius 1 is 1.37 bits per heavy atom. The fourth-order valence-electron chi connectivity index (χ4n) is 1.74. The van der Waals surface area contributed by atoms with E-state index in [1.165, 1.54) is 17.4 Å². The molecular weight excluding hydrogens is 264 g/mol. The summed E-state index contributed by atoms with van der Waals surface area (Å²) in [4.78, 5) is 13.0. The van der Waals surface area contributed by atoms with E-state index in [2.05, 4.69) is 0 Å². The SMILES string of the molecule is C[C@H](O)c1cc([N+](=O)[O-])c(N(C)c2ccccc2)s1. The van der Waals surface area contributed by atoms with E-state index in [1.54, 1.807) is 18.9 Å². The Labute approximate surface area is 114 Å². The minimum atomic E-state index is -0.707. The standard InChI is InChI=1S/C13H14N2O3S/c1-9(16)12-8-11(15(17)18)13(19-12)14(2)10-6-4-3-5-7-10/h3-9,16H,1-2H3/t9-/m0/s1. The molecule has 0 spiro atoms. The van der Waals surface area contributed by atoms with Crippen LogP contribution < -0.4 is 4.90 Å². The zero-order valence-electron chi connectivity index (χ0n) is 10.6. The number of hydrogen-bond acceptors (Lipinski definition) is 5. The van der Waals surface area contributed by atoms with E-state index in [9.17, 15) is 15.2 Å². The largest absolute Gasteiger partial charge is 0.388 e. The van der Waals surface area contributed by atoms with Crippen LogP contribution in [0.1, 0.15) is 17.9 Å². The molecule has 0 aliphatic carbocycles. The number of anilines is 2. The van der Waals surface area contributed by atoms with E-state index in [1.807, 2.05) is 30.3 Å². The molecule has 1 atom stereocenters. The van der Waals surface area contributed by atoms with Crippen LogP contribution in [0.2, 0.25) is 0 Å². The molecule has 2 aromatic rings. The molecule has 0 aliphatic rings. The minimum absolute atomic E-state index is 0.0206. The van der Waals surface area contributed by atoms with Gasteiger partial charge in [-0.05, 0) is 19.1 Å². The van der Waals surface area contributed by atoms with E-state index >= 15 is 0 Å². The van der Waals surface area contributed by atoms with Gasteiger partial charge in [0.2, 0.25) is 0 Å². The normalized spacial score (nSPS) is 12.2. The quantitative estimate of drug-likeness (QED) is 0.687. The topological polar surface area (TPSA) is 66.6 Å². The number of benzene rings is 1. The van der Waals surface area contributed by atoms with Crippen molar-refractivity contribution in [3.63, 3.8) is 0 Å². The Morgan fingerprint density at radius 3 is 2.53 bits per heavy atom. The summed E-state index contributed by atoms with van der Waals surface area (Å²) in [5.74, 6) is 0. The molecule has 100 valence electrons. The Kier molecular flexibility index (Phi) is 3.82. The molecule has 0 fully saturated rings. The molecule has 0 aliphatic heterocycles. The molecule has 1 aromatic carbocycles. The van der Waals surface area contributed by atoms with Gasteiger partial charge in [-0.3, -0.25) is 10.1 Å². The monoisotopic (exact) mass is 278 g/mol. The molecule has 5 nitrogen and oxygen atoms in total. The maximum atomic E-state index is 11.1. The van der Waals surface area contributed by atoms with Crippen molar-refractivity contribution in [3.8, 4) is 0 Å². The Balaban J connectivity index is 2.46. The molecule has 0 unspecified atom stereocenters. The lowest BCUT2D eigenvalue weighted by molar-refractivity contribution is -0.383. The van der Waals surface area contributed by atoms with Crippen LogP contribution in [-0.2, 0) is 0 Å². The first-order chi connectivity index (χ1) is 9.00. The van der Waals surface area contributed by atoms with Crippen LogP contribution in [0.25, 0.3) is 0 Å². The summed E-state index contributed by atoms with van der Waals surface area (Å²) in [6, 6.07) is 10.8.